The molecule has 0 saturated carbocycles. The predicted molar refractivity (Wildman–Crippen MR) is 124 cm³/mol. The van der Waals surface area contributed by atoms with Gasteiger partial charge in [-0.25, -0.2) is 4.98 Å². The Labute approximate surface area is 189 Å². The lowest BCUT2D eigenvalue weighted by Gasteiger charge is -2.37. The van der Waals surface area contributed by atoms with E-state index in [1.807, 2.05) is 11.9 Å². The van der Waals surface area contributed by atoms with E-state index in [1.54, 1.807) is 11.3 Å². The van der Waals surface area contributed by atoms with E-state index in [2.05, 4.69) is 39.4 Å². The van der Waals surface area contributed by atoms with Crippen LogP contribution in [0.1, 0.15) is 43.3 Å². The van der Waals surface area contributed by atoms with Gasteiger partial charge in [0.05, 0.1) is 10.7 Å². The number of hydrogen-bond donors (Lipinski definition) is 1. The molecule has 0 aromatic carbocycles. The second kappa shape index (κ2) is 11.3. The Balaban J connectivity index is 0.00000280. The van der Waals surface area contributed by atoms with Gasteiger partial charge in [-0.1, -0.05) is 13.8 Å². The molecule has 1 aromatic heterocycles. The van der Waals surface area contributed by atoms with Crippen LogP contribution in [0.5, 0.6) is 0 Å². The molecule has 2 aliphatic heterocycles. The van der Waals surface area contributed by atoms with Crippen molar-refractivity contribution in [3.05, 3.63) is 16.1 Å². The van der Waals surface area contributed by atoms with Crippen LogP contribution < -0.4 is 5.32 Å². The Morgan fingerprint density at radius 1 is 1.36 bits per heavy atom. The topological polar surface area (TPSA) is 70.1 Å². The molecule has 1 N–H and O–H groups in total. The number of guanidine groups is 1. The van der Waals surface area contributed by atoms with Gasteiger partial charge in [-0.2, -0.15) is 0 Å². The van der Waals surface area contributed by atoms with Gasteiger partial charge in [0.25, 0.3) is 5.91 Å². The summed E-state index contributed by atoms with van der Waals surface area (Å²) in [4.78, 5) is 25.7. The SMILES string of the molecule is CN=C(NCCc1csc(C(C)C)n1)N1CCN(C(=O)C2CCCO2)CC1.I. The highest BCUT2D eigenvalue weighted by atomic mass is 127. The van der Waals surface area contributed by atoms with Crippen LogP contribution in [-0.4, -0.2) is 79.1 Å². The first-order valence-electron chi connectivity index (χ1n) is 9.88. The summed E-state index contributed by atoms with van der Waals surface area (Å²) in [5.74, 6) is 1.54. The van der Waals surface area contributed by atoms with Crippen LogP contribution in [0, 0.1) is 0 Å². The van der Waals surface area contributed by atoms with Crippen LogP contribution in [0.25, 0.3) is 0 Å². The second-order valence-electron chi connectivity index (χ2n) is 7.37. The highest BCUT2D eigenvalue weighted by Gasteiger charge is 2.30. The lowest BCUT2D eigenvalue weighted by molar-refractivity contribution is -0.142. The van der Waals surface area contributed by atoms with Crippen molar-refractivity contribution in [1.82, 2.24) is 20.1 Å². The molecule has 158 valence electrons. The number of carbonyl (C=O) groups excluding carboxylic acids is 1. The van der Waals surface area contributed by atoms with E-state index in [0.29, 0.717) is 12.5 Å². The van der Waals surface area contributed by atoms with Crippen molar-refractivity contribution in [1.29, 1.82) is 0 Å². The summed E-state index contributed by atoms with van der Waals surface area (Å²) in [5, 5.41) is 6.78. The number of piperazine rings is 1. The predicted octanol–water partition coefficient (Wildman–Crippen LogP) is 2.33. The van der Waals surface area contributed by atoms with E-state index in [1.165, 1.54) is 5.01 Å². The lowest BCUT2D eigenvalue weighted by Crippen LogP contribution is -2.55. The number of nitrogens with zero attached hydrogens (tertiary/aromatic N) is 4. The lowest BCUT2D eigenvalue weighted by atomic mass is 10.2. The van der Waals surface area contributed by atoms with Crippen LogP contribution >= 0.6 is 35.3 Å². The van der Waals surface area contributed by atoms with Crippen LogP contribution in [0.3, 0.4) is 0 Å². The maximum atomic E-state index is 12.5. The van der Waals surface area contributed by atoms with Crippen molar-refractivity contribution in [2.45, 2.75) is 45.1 Å². The van der Waals surface area contributed by atoms with Crippen molar-refractivity contribution < 1.29 is 9.53 Å². The minimum atomic E-state index is -0.220. The summed E-state index contributed by atoms with van der Waals surface area (Å²) in [6, 6.07) is 0. The number of aliphatic imine (C=N–C) groups is 1. The monoisotopic (exact) mass is 521 g/mol. The molecule has 0 aliphatic carbocycles. The first-order chi connectivity index (χ1) is 13.1. The largest absolute Gasteiger partial charge is 0.368 e. The van der Waals surface area contributed by atoms with Crippen LogP contribution in [-0.2, 0) is 16.0 Å². The zero-order chi connectivity index (χ0) is 19.2. The Hall–Kier alpha value is -0.940. The molecule has 0 bridgehead atoms. The maximum Gasteiger partial charge on any atom is 0.251 e. The number of amides is 1. The third-order valence-electron chi connectivity index (χ3n) is 5.04. The Kier molecular flexibility index (Phi) is 9.42. The molecule has 9 heteroatoms. The summed E-state index contributed by atoms with van der Waals surface area (Å²) in [6.07, 6.45) is 2.52. The van der Waals surface area contributed by atoms with E-state index in [9.17, 15) is 4.79 Å². The van der Waals surface area contributed by atoms with Gasteiger partial charge >= 0.3 is 0 Å². The fraction of sp³-hybridized carbons (Fsp3) is 0.737. The van der Waals surface area contributed by atoms with E-state index in [4.69, 9.17) is 4.74 Å². The fourth-order valence-electron chi connectivity index (χ4n) is 3.45. The van der Waals surface area contributed by atoms with Crippen molar-refractivity contribution in [2.75, 3.05) is 46.4 Å². The normalized spacial score (nSPS) is 20.4. The summed E-state index contributed by atoms with van der Waals surface area (Å²) in [5.41, 5.74) is 1.14. The van der Waals surface area contributed by atoms with Gasteiger partial charge in [0.2, 0.25) is 0 Å². The minimum absolute atomic E-state index is 0. The number of aromatic nitrogens is 1. The minimum Gasteiger partial charge on any atom is -0.368 e. The van der Waals surface area contributed by atoms with Crippen LogP contribution in [0.2, 0.25) is 0 Å². The van der Waals surface area contributed by atoms with E-state index in [0.717, 1.165) is 63.6 Å². The van der Waals surface area contributed by atoms with Crippen molar-refractivity contribution in [3.63, 3.8) is 0 Å². The van der Waals surface area contributed by atoms with Gasteiger partial charge in [0, 0.05) is 64.1 Å². The maximum absolute atomic E-state index is 12.5. The number of thiazole rings is 1. The molecule has 28 heavy (non-hydrogen) atoms. The van der Waals surface area contributed by atoms with E-state index < -0.39 is 0 Å². The number of hydrogen-bond acceptors (Lipinski definition) is 5. The molecule has 1 atom stereocenters. The number of nitrogens with one attached hydrogen (secondary N) is 1. The average Bonchev–Trinajstić information content (AvgIpc) is 3.37. The summed E-state index contributed by atoms with van der Waals surface area (Å²) < 4.78 is 5.53. The smallest absolute Gasteiger partial charge is 0.251 e. The molecule has 0 radical (unpaired) electrons. The molecule has 0 spiro atoms. The molecule has 7 nitrogen and oxygen atoms in total. The van der Waals surface area contributed by atoms with Gasteiger partial charge in [0.1, 0.15) is 6.10 Å². The molecule has 2 fully saturated rings. The fourth-order valence-corrected chi connectivity index (χ4v) is 4.32. The summed E-state index contributed by atoms with van der Waals surface area (Å²) in [7, 11) is 1.81. The second-order valence-corrected chi connectivity index (χ2v) is 8.26. The third kappa shape index (κ3) is 6.03. The molecule has 1 amide bonds. The number of halogens is 1. The highest BCUT2D eigenvalue weighted by Crippen LogP contribution is 2.19. The van der Waals surface area contributed by atoms with Crippen molar-refractivity contribution >= 4 is 47.2 Å². The van der Waals surface area contributed by atoms with Gasteiger partial charge in [-0.15, -0.1) is 35.3 Å². The van der Waals surface area contributed by atoms with Gasteiger partial charge < -0.3 is 19.9 Å². The third-order valence-corrected chi connectivity index (χ3v) is 6.23. The van der Waals surface area contributed by atoms with Crippen LogP contribution in [0.15, 0.2) is 10.4 Å². The standard InChI is InChI=1S/C19H31N5O2S.HI/c1-14(2)17-22-15(13-27-17)6-7-21-19(20-3)24-10-8-23(9-11-24)18(25)16-5-4-12-26-16;/h13-14,16H,4-12H2,1-3H3,(H,20,21);1H. The Morgan fingerprint density at radius 3 is 2.64 bits per heavy atom. The number of carbonyl (C=O) groups is 1. The highest BCUT2D eigenvalue weighted by molar-refractivity contribution is 14.0. The first kappa shape index (κ1) is 23.3. The first-order valence-corrected chi connectivity index (χ1v) is 10.8. The molecule has 2 aliphatic rings. The van der Waals surface area contributed by atoms with E-state index in [-0.39, 0.29) is 36.0 Å². The summed E-state index contributed by atoms with van der Waals surface area (Å²) in [6.45, 7) is 8.91. The molecular weight excluding hydrogens is 489 g/mol. The molecule has 1 unspecified atom stereocenters. The molecule has 3 rings (SSSR count). The van der Waals surface area contributed by atoms with Gasteiger partial charge in [-0.05, 0) is 12.8 Å². The van der Waals surface area contributed by atoms with Gasteiger partial charge in [-0.3, -0.25) is 9.79 Å². The Morgan fingerprint density at radius 2 is 2.07 bits per heavy atom. The summed E-state index contributed by atoms with van der Waals surface area (Å²) >= 11 is 1.74. The number of rotatable bonds is 5. The average molecular weight is 521 g/mol. The van der Waals surface area contributed by atoms with E-state index >= 15 is 0 Å². The number of ether oxygens (including phenoxy) is 1. The van der Waals surface area contributed by atoms with Crippen molar-refractivity contribution in [2.24, 2.45) is 4.99 Å². The molecule has 1 aromatic rings. The quantitative estimate of drug-likeness (QED) is 0.366. The van der Waals surface area contributed by atoms with Gasteiger partial charge in [0.15, 0.2) is 5.96 Å². The molecule has 3 heterocycles. The molecular formula is C19H32IN5O2S. The Bertz CT molecular complexity index is 653. The zero-order valence-electron chi connectivity index (χ0n) is 17.0. The zero-order valence-corrected chi connectivity index (χ0v) is 20.2. The van der Waals surface area contributed by atoms with Crippen molar-refractivity contribution in [3.8, 4) is 0 Å². The van der Waals surface area contributed by atoms with Crippen LogP contribution in [0.4, 0.5) is 0 Å². The molecule has 2 saturated heterocycles.